The van der Waals surface area contributed by atoms with Crippen LogP contribution in [0.5, 0.6) is 0 Å². The van der Waals surface area contributed by atoms with Crippen LogP contribution in [-0.4, -0.2) is 98.4 Å². The Morgan fingerprint density at radius 2 is 1.84 bits per heavy atom. The highest BCUT2D eigenvalue weighted by Crippen LogP contribution is 2.36. The number of sulfonamides is 1. The fourth-order valence-electron chi connectivity index (χ4n) is 4.88. The van der Waals surface area contributed by atoms with E-state index in [9.17, 15) is 8.42 Å². The van der Waals surface area contributed by atoms with Gasteiger partial charge in [0.15, 0.2) is 11.6 Å². The Morgan fingerprint density at radius 3 is 2.66 bits per heavy atom. The molecule has 38 heavy (non-hydrogen) atoms. The van der Waals surface area contributed by atoms with Crippen LogP contribution in [0.4, 0.5) is 5.82 Å². The summed E-state index contributed by atoms with van der Waals surface area (Å²) in [7, 11) is -3.39. The number of thiophene rings is 1. The molecule has 2 fully saturated rings. The molecule has 3 aromatic heterocycles. The van der Waals surface area contributed by atoms with Gasteiger partial charge in [-0.25, -0.2) is 23.1 Å². The van der Waals surface area contributed by atoms with E-state index >= 15 is 0 Å². The average Bonchev–Trinajstić information content (AvgIpc) is 3.59. The van der Waals surface area contributed by atoms with E-state index in [2.05, 4.69) is 24.7 Å². The maximum absolute atomic E-state index is 12.7. The lowest BCUT2D eigenvalue weighted by Gasteiger charge is -2.28. The van der Waals surface area contributed by atoms with E-state index in [1.807, 2.05) is 24.3 Å². The Hall–Kier alpha value is -2.68. The van der Waals surface area contributed by atoms with Gasteiger partial charge in [-0.3, -0.25) is 10.00 Å². The first-order chi connectivity index (χ1) is 18.6. The monoisotopic (exact) mass is 557 g/mol. The number of nitrogens with zero attached hydrogens (tertiary/aromatic N) is 5. The summed E-state index contributed by atoms with van der Waals surface area (Å²) >= 11 is 1.54. The number of benzene rings is 1. The zero-order chi connectivity index (χ0) is 26.0. The molecule has 2 N–H and O–H groups in total. The number of hydrogen-bond donors (Lipinski definition) is 2. The molecule has 2 saturated heterocycles. The van der Waals surface area contributed by atoms with E-state index in [0.717, 1.165) is 70.1 Å². The molecule has 0 radical (unpaired) electrons. The molecule has 0 aliphatic carbocycles. The summed E-state index contributed by atoms with van der Waals surface area (Å²) in [5.74, 6) is 1.59. The van der Waals surface area contributed by atoms with E-state index in [4.69, 9.17) is 19.4 Å². The summed E-state index contributed by atoms with van der Waals surface area (Å²) in [6.07, 6.45) is 2.39. The second kappa shape index (κ2) is 11.2. The lowest BCUT2D eigenvalue weighted by molar-refractivity contribution is 0.0381. The van der Waals surface area contributed by atoms with Gasteiger partial charge in [-0.2, -0.15) is 5.10 Å². The van der Waals surface area contributed by atoms with Crippen molar-refractivity contribution in [3.05, 3.63) is 35.3 Å². The fraction of sp³-hybridized carbons (Fsp3) is 0.480. The molecule has 0 saturated carbocycles. The summed E-state index contributed by atoms with van der Waals surface area (Å²) in [5, 5.41) is 8.15. The van der Waals surface area contributed by atoms with E-state index in [-0.39, 0.29) is 12.3 Å². The van der Waals surface area contributed by atoms with Crippen LogP contribution in [-0.2, 0) is 26.0 Å². The van der Waals surface area contributed by atoms with Crippen molar-refractivity contribution < 1.29 is 17.9 Å². The third kappa shape index (κ3) is 5.67. The zero-order valence-corrected chi connectivity index (χ0v) is 22.7. The van der Waals surface area contributed by atoms with Crippen molar-refractivity contribution in [2.24, 2.45) is 0 Å². The van der Waals surface area contributed by atoms with Gasteiger partial charge < -0.3 is 14.4 Å². The zero-order valence-electron chi connectivity index (χ0n) is 21.1. The molecule has 0 amide bonds. The van der Waals surface area contributed by atoms with Gasteiger partial charge in [0.25, 0.3) is 0 Å². The lowest BCUT2D eigenvalue weighted by Crippen LogP contribution is -2.38. The molecule has 2 aliphatic heterocycles. The molecular formula is C25H31N7O4S2. The highest BCUT2D eigenvalue weighted by Gasteiger charge is 2.22. The van der Waals surface area contributed by atoms with Crippen LogP contribution < -0.4 is 9.62 Å². The number of aromatic amines is 1. The van der Waals surface area contributed by atoms with Crippen LogP contribution in [0, 0.1) is 0 Å². The van der Waals surface area contributed by atoms with Gasteiger partial charge in [0.1, 0.15) is 0 Å². The number of fused-ring (bicyclic) bond motifs is 2. The van der Waals surface area contributed by atoms with Crippen LogP contribution in [0.3, 0.4) is 0 Å². The van der Waals surface area contributed by atoms with E-state index in [1.54, 1.807) is 6.20 Å². The molecule has 4 aromatic rings. The van der Waals surface area contributed by atoms with Crippen LogP contribution in [0.15, 0.2) is 30.5 Å². The smallest absolute Gasteiger partial charge is 0.211 e. The quantitative estimate of drug-likeness (QED) is 0.319. The number of morpholine rings is 2. The van der Waals surface area contributed by atoms with Crippen LogP contribution >= 0.6 is 11.3 Å². The van der Waals surface area contributed by atoms with Gasteiger partial charge in [-0.15, -0.1) is 11.3 Å². The third-order valence-electron chi connectivity index (χ3n) is 6.90. The molecule has 2 aliphatic rings. The summed E-state index contributed by atoms with van der Waals surface area (Å²) in [5.41, 5.74) is 2.64. The van der Waals surface area contributed by atoms with Crippen LogP contribution in [0.25, 0.3) is 32.5 Å². The number of H-pyrrole nitrogens is 1. The molecule has 0 atom stereocenters. The highest BCUT2D eigenvalue weighted by molar-refractivity contribution is 7.89. The maximum Gasteiger partial charge on any atom is 0.211 e. The van der Waals surface area contributed by atoms with Crippen molar-refractivity contribution in [3.8, 4) is 11.4 Å². The van der Waals surface area contributed by atoms with Crippen LogP contribution in [0.1, 0.15) is 11.3 Å². The van der Waals surface area contributed by atoms with Crippen molar-refractivity contribution in [2.45, 2.75) is 13.0 Å². The summed E-state index contributed by atoms with van der Waals surface area (Å²) in [4.78, 5) is 15.3. The van der Waals surface area contributed by atoms with Crippen molar-refractivity contribution in [3.63, 3.8) is 0 Å². The highest BCUT2D eigenvalue weighted by atomic mass is 32.2. The first kappa shape index (κ1) is 25.6. The molecule has 1 aromatic carbocycles. The Kier molecular flexibility index (Phi) is 7.54. The maximum atomic E-state index is 12.7. The molecule has 0 unspecified atom stereocenters. The van der Waals surface area contributed by atoms with Gasteiger partial charge in [-0.1, -0.05) is 12.1 Å². The molecule has 6 rings (SSSR count). The predicted molar refractivity (Wildman–Crippen MR) is 148 cm³/mol. The van der Waals surface area contributed by atoms with Crippen molar-refractivity contribution in [2.75, 3.05) is 69.8 Å². The number of hydrogen-bond acceptors (Lipinski definition) is 10. The van der Waals surface area contributed by atoms with E-state index < -0.39 is 10.0 Å². The molecule has 11 nitrogen and oxygen atoms in total. The Labute approximate surface area is 225 Å². The number of ether oxygens (including phenoxy) is 2. The third-order valence-corrected chi connectivity index (χ3v) is 9.43. The Balaban J connectivity index is 1.23. The first-order valence-corrected chi connectivity index (χ1v) is 15.4. The molecule has 5 heterocycles. The number of anilines is 1. The van der Waals surface area contributed by atoms with Crippen molar-refractivity contribution in [1.29, 1.82) is 0 Å². The normalized spacial score (nSPS) is 17.5. The largest absolute Gasteiger partial charge is 0.379 e. The van der Waals surface area contributed by atoms with E-state index in [0.29, 0.717) is 38.7 Å². The minimum Gasteiger partial charge on any atom is -0.379 e. The van der Waals surface area contributed by atoms with Gasteiger partial charge in [0.2, 0.25) is 10.0 Å². The lowest BCUT2D eigenvalue weighted by atomic mass is 10.1. The number of aromatic nitrogens is 4. The van der Waals surface area contributed by atoms with Crippen molar-refractivity contribution in [1.82, 2.24) is 29.8 Å². The number of rotatable bonds is 9. The van der Waals surface area contributed by atoms with E-state index in [1.165, 1.54) is 11.3 Å². The second-order valence-corrected chi connectivity index (χ2v) is 12.5. The predicted octanol–water partition coefficient (Wildman–Crippen LogP) is 2.21. The SMILES string of the molecule is O=S(=O)(CCCN1CCOCC1)NCc1cc2nc(-c3cccc4[nH]ncc34)nc(N3CCOCC3)c2s1. The molecule has 13 heteroatoms. The van der Waals surface area contributed by atoms with Gasteiger partial charge in [-0.05, 0) is 25.1 Å². The molecular weight excluding hydrogens is 526 g/mol. The average molecular weight is 558 g/mol. The standard InChI is InChI=1S/C25H31N7O4S2/c33-38(34,14-2-5-31-6-10-35-11-7-31)27-16-18-15-22-23(37-18)25(32-8-12-36-13-9-32)29-24(28-22)19-3-1-4-21-20(19)17-26-30-21/h1,3-4,15,17,27H,2,5-14,16H2,(H,26,30). The van der Waals surface area contributed by atoms with Gasteiger partial charge in [0, 0.05) is 48.6 Å². The number of nitrogens with one attached hydrogen (secondary N) is 2. The molecule has 0 spiro atoms. The van der Waals surface area contributed by atoms with Crippen molar-refractivity contribution >= 4 is 48.3 Å². The Bertz CT molecular complexity index is 1510. The molecule has 0 bridgehead atoms. The fourth-order valence-corrected chi connectivity index (χ4v) is 7.05. The first-order valence-electron chi connectivity index (χ1n) is 12.9. The summed E-state index contributed by atoms with van der Waals surface area (Å²) < 4.78 is 40.1. The Morgan fingerprint density at radius 1 is 1.05 bits per heavy atom. The minimum atomic E-state index is -3.39. The topological polar surface area (TPSA) is 126 Å². The van der Waals surface area contributed by atoms with Gasteiger partial charge >= 0.3 is 0 Å². The molecule has 202 valence electrons. The summed E-state index contributed by atoms with van der Waals surface area (Å²) in [6, 6.07) is 7.91. The second-order valence-electron chi connectivity index (χ2n) is 9.48. The van der Waals surface area contributed by atoms with Crippen LogP contribution in [0.2, 0.25) is 0 Å². The minimum absolute atomic E-state index is 0.104. The summed E-state index contributed by atoms with van der Waals surface area (Å²) in [6.45, 7) is 6.90. The van der Waals surface area contributed by atoms with Gasteiger partial charge in [0.05, 0.1) is 54.1 Å².